The van der Waals surface area contributed by atoms with E-state index in [1.807, 2.05) is 36.0 Å². The number of hydrogen-bond donors (Lipinski definition) is 1. The van der Waals surface area contributed by atoms with Crippen molar-refractivity contribution < 1.29 is 14.6 Å². The minimum Gasteiger partial charge on any atom is -0.497 e. The van der Waals surface area contributed by atoms with E-state index in [1.165, 1.54) is 0 Å². The Labute approximate surface area is 112 Å². The topological polar surface area (TPSA) is 46.5 Å². The van der Waals surface area contributed by atoms with Crippen LogP contribution in [0.1, 0.15) is 24.3 Å². The summed E-state index contributed by atoms with van der Waals surface area (Å²) in [6.45, 7) is 0. The average molecular weight is 266 g/mol. The van der Waals surface area contributed by atoms with Gasteiger partial charge in [0.1, 0.15) is 5.75 Å². The summed E-state index contributed by atoms with van der Waals surface area (Å²) in [5.41, 5.74) is 0.856. The second kappa shape index (κ2) is 6.14. The first-order valence-electron chi connectivity index (χ1n) is 6.17. The molecule has 2 rings (SSSR count). The molecule has 0 saturated carbocycles. The highest BCUT2D eigenvalue weighted by Crippen LogP contribution is 2.36. The molecule has 0 amide bonds. The maximum atomic E-state index is 11.5. The number of ether oxygens (including phenoxy) is 1. The number of carboxylic acids is 1. The molecule has 98 valence electrons. The van der Waals surface area contributed by atoms with E-state index in [1.54, 1.807) is 7.11 Å². The number of carbonyl (C=O) groups is 1. The van der Waals surface area contributed by atoms with Crippen LogP contribution in [0, 0.1) is 5.92 Å². The lowest BCUT2D eigenvalue weighted by atomic mass is 9.84. The highest BCUT2D eigenvalue weighted by atomic mass is 32.2. The van der Waals surface area contributed by atoms with Crippen LogP contribution in [0.15, 0.2) is 24.3 Å². The largest absolute Gasteiger partial charge is 0.497 e. The number of benzene rings is 1. The fourth-order valence-corrected chi connectivity index (χ4v) is 3.68. The van der Waals surface area contributed by atoms with Crippen LogP contribution < -0.4 is 4.74 Å². The Balaban J connectivity index is 2.25. The Bertz CT molecular complexity index is 413. The van der Waals surface area contributed by atoms with Gasteiger partial charge < -0.3 is 9.84 Å². The van der Waals surface area contributed by atoms with Crippen LogP contribution in [-0.2, 0) is 4.79 Å². The molecule has 1 aliphatic heterocycles. The summed E-state index contributed by atoms with van der Waals surface area (Å²) in [6, 6.07) is 7.44. The highest BCUT2D eigenvalue weighted by molar-refractivity contribution is 7.99. The van der Waals surface area contributed by atoms with E-state index in [0.717, 1.165) is 35.7 Å². The summed E-state index contributed by atoms with van der Waals surface area (Å²) < 4.78 is 5.17. The van der Waals surface area contributed by atoms with Gasteiger partial charge in [-0.3, -0.25) is 4.79 Å². The molecule has 2 unspecified atom stereocenters. The predicted molar refractivity (Wildman–Crippen MR) is 73.4 cm³/mol. The van der Waals surface area contributed by atoms with Gasteiger partial charge in [0.05, 0.1) is 13.0 Å². The number of aliphatic carboxylic acids is 1. The number of thioether (sulfide) groups is 1. The normalized spacial score (nSPS) is 21.3. The molecule has 4 heteroatoms. The molecule has 1 saturated heterocycles. The van der Waals surface area contributed by atoms with Crippen molar-refractivity contribution in [1.29, 1.82) is 0 Å². The first kappa shape index (κ1) is 13.3. The number of hydrogen-bond acceptors (Lipinski definition) is 3. The Kier molecular flexibility index (Phi) is 4.53. The summed E-state index contributed by atoms with van der Waals surface area (Å²) in [5.74, 6) is 1.91. The molecular weight excluding hydrogens is 248 g/mol. The molecule has 0 radical (unpaired) electrons. The first-order chi connectivity index (χ1) is 8.72. The van der Waals surface area contributed by atoms with Crippen molar-refractivity contribution in [2.24, 2.45) is 5.92 Å². The monoisotopic (exact) mass is 266 g/mol. The third kappa shape index (κ3) is 2.99. The average Bonchev–Trinajstić information content (AvgIpc) is 2.40. The second-order valence-electron chi connectivity index (χ2n) is 4.57. The fraction of sp³-hybridized carbons (Fsp3) is 0.500. The molecule has 1 aromatic carbocycles. The molecule has 0 aliphatic carbocycles. The van der Waals surface area contributed by atoms with Gasteiger partial charge in [0, 0.05) is 0 Å². The lowest BCUT2D eigenvalue weighted by Crippen LogP contribution is -2.25. The smallest absolute Gasteiger partial charge is 0.311 e. The molecule has 0 spiro atoms. The Hall–Kier alpha value is -1.16. The molecule has 1 aliphatic rings. The maximum absolute atomic E-state index is 11.5. The number of methoxy groups -OCH3 is 1. The Morgan fingerprint density at radius 3 is 3.00 bits per heavy atom. The molecule has 1 heterocycles. The Morgan fingerprint density at radius 1 is 1.56 bits per heavy atom. The lowest BCUT2D eigenvalue weighted by Gasteiger charge is -2.27. The van der Waals surface area contributed by atoms with E-state index in [4.69, 9.17) is 4.74 Å². The van der Waals surface area contributed by atoms with E-state index >= 15 is 0 Å². The third-order valence-electron chi connectivity index (χ3n) is 3.39. The van der Waals surface area contributed by atoms with Gasteiger partial charge in [0.25, 0.3) is 0 Å². The molecule has 3 nitrogen and oxygen atoms in total. The summed E-state index contributed by atoms with van der Waals surface area (Å²) >= 11 is 1.86. The molecule has 0 aromatic heterocycles. The molecule has 2 atom stereocenters. The van der Waals surface area contributed by atoms with Crippen molar-refractivity contribution in [3.8, 4) is 5.75 Å². The molecule has 1 fully saturated rings. The van der Waals surface area contributed by atoms with Crippen molar-refractivity contribution >= 4 is 17.7 Å². The minimum atomic E-state index is -0.726. The van der Waals surface area contributed by atoms with Gasteiger partial charge in [-0.2, -0.15) is 11.8 Å². The van der Waals surface area contributed by atoms with Gasteiger partial charge >= 0.3 is 5.97 Å². The van der Waals surface area contributed by atoms with Crippen LogP contribution in [0.25, 0.3) is 0 Å². The Morgan fingerprint density at radius 2 is 2.39 bits per heavy atom. The molecule has 1 N–H and O–H groups in total. The standard InChI is InChI=1S/C14H18O3S/c1-17-12-6-2-4-10(8-12)13(14(15)16)11-5-3-7-18-9-11/h2,4,6,8,11,13H,3,5,7,9H2,1H3,(H,15,16). The van der Waals surface area contributed by atoms with Crippen molar-refractivity contribution in [3.05, 3.63) is 29.8 Å². The minimum absolute atomic E-state index is 0.230. The van der Waals surface area contributed by atoms with Crippen molar-refractivity contribution in [2.45, 2.75) is 18.8 Å². The fourth-order valence-electron chi connectivity index (χ4n) is 2.48. The zero-order valence-corrected chi connectivity index (χ0v) is 11.3. The molecule has 1 aromatic rings. The molecular formula is C14H18O3S. The van der Waals surface area contributed by atoms with E-state index < -0.39 is 11.9 Å². The van der Waals surface area contributed by atoms with E-state index in [2.05, 4.69) is 0 Å². The highest BCUT2D eigenvalue weighted by Gasteiger charge is 2.31. The van der Waals surface area contributed by atoms with Crippen LogP contribution in [0.2, 0.25) is 0 Å². The lowest BCUT2D eigenvalue weighted by molar-refractivity contribution is -0.140. The van der Waals surface area contributed by atoms with Gasteiger partial charge in [0.2, 0.25) is 0 Å². The van der Waals surface area contributed by atoms with Crippen molar-refractivity contribution in [2.75, 3.05) is 18.6 Å². The van der Waals surface area contributed by atoms with Gasteiger partial charge in [0.15, 0.2) is 0 Å². The van der Waals surface area contributed by atoms with Crippen LogP contribution in [0.3, 0.4) is 0 Å². The van der Waals surface area contributed by atoms with Crippen LogP contribution in [0.4, 0.5) is 0 Å². The summed E-state index contributed by atoms with van der Waals surface area (Å²) in [7, 11) is 1.60. The number of carboxylic acid groups (broad SMARTS) is 1. The third-order valence-corrected chi connectivity index (χ3v) is 4.63. The zero-order valence-electron chi connectivity index (χ0n) is 10.5. The van der Waals surface area contributed by atoms with Gasteiger partial charge in [-0.15, -0.1) is 0 Å². The second-order valence-corrected chi connectivity index (χ2v) is 5.72. The van der Waals surface area contributed by atoms with Gasteiger partial charge in [-0.1, -0.05) is 12.1 Å². The van der Waals surface area contributed by atoms with E-state index in [0.29, 0.717) is 0 Å². The molecule has 0 bridgehead atoms. The van der Waals surface area contributed by atoms with E-state index in [9.17, 15) is 9.90 Å². The summed E-state index contributed by atoms with van der Waals surface area (Å²) in [4.78, 5) is 11.5. The van der Waals surface area contributed by atoms with Crippen LogP contribution in [0.5, 0.6) is 5.75 Å². The SMILES string of the molecule is COc1cccc(C(C(=O)O)C2CCCSC2)c1. The zero-order chi connectivity index (χ0) is 13.0. The van der Waals surface area contributed by atoms with Gasteiger partial charge in [-0.05, 0) is 48.0 Å². The quantitative estimate of drug-likeness (QED) is 0.910. The summed E-state index contributed by atoms with van der Waals surface area (Å²) in [5, 5.41) is 9.49. The molecule has 18 heavy (non-hydrogen) atoms. The van der Waals surface area contributed by atoms with Crippen LogP contribution in [-0.4, -0.2) is 29.7 Å². The van der Waals surface area contributed by atoms with Crippen molar-refractivity contribution in [3.63, 3.8) is 0 Å². The number of rotatable bonds is 4. The van der Waals surface area contributed by atoms with Crippen molar-refractivity contribution in [1.82, 2.24) is 0 Å². The van der Waals surface area contributed by atoms with Gasteiger partial charge in [-0.25, -0.2) is 0 Å². The first-order valence-corrected chi connectivity index (χ1v) is 7.32. The maximum Gasteiger partial charge on any atom is 0.311 e. The van der Waals surface area contributed by atoms with E-state index in [-0.39, 0.29) is 5.92 Å². The summed E-state index contributed by atoms with van der Waals surface area (Å²) in [6.07, 6.45) is 2.12. The predicted octanol–water partition coefficient (Wildman–Crippen LogP) is 3.01. The van der Waals surface area contributed by atoms with Crippen LogP contribution >= 0.6 is 11.8 Å².